The molecule has 0 aromatic heterocycles. The van der Waals surface area contributed by atoms with Crippen molar-refractivity contribution in [3.63, 3.8) is 0 Å². The van der Waals surface area contributed by atoms with Crippen LogP contribution in [0.25, 0.3) is 0 Å². The van der Waals surface area contributed by atoms with E-state index in [1.807, 2.05) is 7.11 Å². The van der Waals surface area contributed by atoms with Gasteiger partial charge in [0.1, 0.15) is 0 Å². The second-order valence-electron chi connectivity index (χ2n) is 13.2. The lowest BCUT2D eigenvalue weighted by molar-refractivity contribution is -0.0340. The normalized spacial score (nSPS) is 45.0. The first-order valence-electron chi connectivity index (χ1n) is 13.8. The van der Waals surface area contributed by atoms with Gasteiger partial charge in [-0.25, -0.2) is 0 Å². The molecule has 3 nitrogen and oxygen atoms in total. The highest BCUT2D eigenvalue weighted by atomic mass is 16.5. The fraction of sp³-hybridized carbons (Fsp3) is 0.867. The van der Waals surface area contributed by atoms with Crippen LogP contribution in [0.15, 0.2) is 23.3 Å². The van der Waals surface area contributed by atoms with E-state index in [0.717, 1.165) is 43.1 Å². The minimum absolute atomic E-state index is 0.0912. The van der Waals surface area contributed by atoms with E-state index in [0.29, 0.717) is 24.2 Å². The summed E-state index contributed by atoms with van der Waals surface area (Å²) in [5, 5.41) is 22.1. The lowest BCUT2D eigenvalue weighted by Crippen LogP contribution is -2.53. The van der Waals surface area contributed by atoms with Crippen molar-refractivity contribution in [2.24, 2.45) is 46.3 Å². The molecule has 3 heteroatoms. The van der Waals surface area contributed by atoms with Crippen LogP contribution in [0.1, 0.15) is 92.9 Å². The molecule has 3 fully saturated rings. The van der Waals surface area contributed by atoms with Gasteiger partial charge in [-0.15, -0.1) is 0 Å². The largest absolute Gasteiger partial charge is 0.389 e. The number of hydrogen-bond acceptors (Lipinski definition) is 3. The monoisotopic (exact) mass is 458 g/mol. The fourth-order valence-electron chi connectivity index (χ4n) is 8.68. The summed E-state index contributed by atoms with van der Waals surface area (Å²) in [5.41, 5.74) is 3.96. The maximum atomic E-state index is 11.6. The number of hydrogen-bond donors (Lipinski definition) is 2. The Kier molecular flexibility index (Phi) is 7.02. The van der Waals surface area contributed by atoms with Crippen LogP contribution >= 0.6 is 0 Å². The van der Waals surface area contributed by atoms with Crippen LogP contribution in [-0.4, -0.2) is 35.6 Å². The van der Waals surface area contributed by atoms with Gasteiger partial charge in [-0.2, -0.15) is 0 Å². The van der Waals surface area contributed by atoms with Crippen molar-refractivity contribution in [3.8, 4) is 0 Å². The van der Waals surface area contributed by atoms with E-state index in [1.54, 1.807) is 0 Å². The Morgan fingerprint density at radius 1 is 0.970 bits per heavy atom. The number of aliphatic hydroxyl groups is 2. The lowest BCUT2D eigenvalue weighted by Gasteiger charge is -2.58. The number of methoxy groups -OCH3 is 1. The molecule has 0 amide bonds. The Labute approximate surface area is 203 Å². The summed E-state index contributed by atoms with van der Waals surface area (Å²) in [6.45, 7) is 18.7. The molecule has 0 unspecified atom stereocenters. The Hall–Kier alpha value is -0.640. The minimum atomic E-state index is -0.433. The summed E-state index contributed by atoms with van der Waals surface area (Å²) in [4.78, 5) is 0. The molecular formula is C30H50O3. The number of fused-ring (bicyclic) bond motifs is 4. The number of aliphatic hydroxyl groups excluding tert-OH is 2. The van der Waals surface area contributed by atoms with E-state index in [-0.39, 0.29) is 22.9 Å². The molecule has 3 saturated carbocycles. The Balaban J connectivity index is 1.68. The molecule has 10 atom stereocenters. The molecule has 0 bridgehead atoms. The number of rotatable bonds is 6. The standard InChI is InChI=1S/C30H50O3/c1-17(2)18(3)9-10-19(4)22-16-26(33-8)28-27-21(11-13-30(22,28)7)29(6)14-12-24(31)20(5)23(29)15-25(27)32/h17-19,21-26,31-32H,5,9-16H2,1-4,6-8H3/t18-,19-,21+,22-,23+,24+,25-,26-,29-,30-/m1/s1. The Bertz CT molecular complexity index is 783. The zero-order valence-corrected chi connectivity index (χ0v) is 22.4. The Morgan fingerprint density at radius 2 is 1.67 bits per heavy atom. The molecular weight excluding hydrogens is 408 g/mol. The summed E-state index contributed by atoms with van der Waals surface area (Å²) in [6, 6.07) is 0. The van der Waals surface area contributed by atoms with Crippen LogP contribution in [0.4, 0.5) is 0 Å². The smallest absolute Gasteiger partial charge is 0.0793 e. The predicted octanol–water partition coefficient (Wildman–Crippen LogP) is 6.54. The summed E-state index contributed by atoms with van der Waals surface area (Å²) in [7, 11) is 1.87. The van der Waals surface area contributed by atoms with Crippen molar-refractivity contribution < 1.29 is 14.9 Å². The first-order valence-corrected chi connectivity index (χ1v) is 13.8. The second kappa shape index (κ2) is 9.10. The average molecular weight is 459 g/mol. The average Bonchev–Trinajstić information content (AvgIpc) is 3.08. The molecule has 33 heavy (non-hydrogen) atoms. The maximum absolute atomic E-state index is 11.6. The van der Waals surface area contributed by atoms with E-state index in [9.17, 15) is 10.2 Å². The topological polar surface area (TPSA) is 49.7 Å². The molecule has 0 saturated heterocycles. The van der Waals surface area contributed by atoms with E-state index in [2.05, 4.69) is 48.1 Å². The molecule has 4 rings (SSSR count). The first kappa shape index (κ1) is 25.5. The van der Waals surface area contributed by atoms with Gasteiger partial charge in [0.25, 0.3) is 0 Å². The van der Waals surface area contributed by atoms with Crippen LogP contribution in [0, 0.1) is 46.3 Å². The quantitative estimate of drug-likeness (QED) is 0.444. The minimum Gasteiger partial charge on any atom is -0.389 e. The van der Waals surface area contributed by atoms with Gasteiger partial charge in [0.05, 0.1) is 18.3 Å². The second-order valence-corrected chi connectivity index (χ2v) is 13.2. The van der Waals surface area contributed by atoms with Crippen molar-refractivity contribution in [3.05, 3.63) is 23.3 Å². The molecule has 4 aliphatic carbocycles. The van der Waals surface area contributed by atoms with Gasteiger partial charge < -0.3 is 14.9 Å². The van der Waals surface area contributed by atoms with Gasteiger partial charge in [-0.05, 0) is 102 Å². The van der Waals surface area contributed by atoms with E-state index in [1.165, 1.54) is 30.4 Å². The molecule has 0 heterocycles. The van der Waals surface area contributed by atoms with Crippen molar-refractivity contribution in [1.29, 1.82) is 0 Å². The summed E-state index contributed by atoms with van der Waals surface area (Å²) >= 11 is 0. The van der Waals surface area contributed by atoms with Gasteiger partial charge in [0, 0.05) is 7.11 Å². The lowest BCUT2D eigenvalue weighted by atomic mass is 9.47. The molecule has 0 aliphatic heterocycles. The molecule has 0 aromatic carbocycles. The van der Waals surface area contributed by atoms with Gasteiger partial charge in [-0.3, -0.25) is 0 Å². The van der Waals surface area contributed by atoms with Gasteiger partial charge in [0.2, 0.25) is 0 Å². The zero-order valence-electron chi connectivity index (χ0n) is 22.4. The third-order valence-electron chi connectivity index (χ3n) is 11.3. The van der Waals surface area contributed by atoms with Crippen LogP contribution in [0.2, 0.25) is 0 Å². The number of ether oxygens (including phenoxy) is 1. The van der Waals surface area contributed by atoms with Crippen molar-refractivity contribution in [2.45, 2.75) is 111 Å². The van der Waals surface area contributed by atoms with Gasteiger partial charge in [-0.1, -0.05) is 61.0 Å². The van der Waals surface area contributed by atoms with Gasteiger partial charge in [0.15, 0.2) is 0 Å². The first-order chi connectivity index (χ1) is 15.5. The summed E-state index contributed by atoms with van der Waals surface area (Å²) in [6.07, 6.45) is 7.83. The fourth-order valence-corrected chi connectivity index (χ4v) is 8.68. The predicted molar refractivity (Wildman–Crippen MR) is 136 cm³/mol. The van der Waals surface area contributed by atoms with Gasteiger partial charge >= 0.3 is 0 Å². The van der Waals surface area contributed by atoms with E-state index >= 15 is 0 Å². The van der Waals surface area contributed by atoms with E-state index < -0.39 is 12.2 Å². The third kappa shape index (κ3) is 3.99. The summed E-state index contributed by atoms with van der Waals surface area (Å²) < 4.78 is 6.17. The van der Waals surface area contributed by atoms with Crippen molar-refractivity contribution >= 4 is 0 Å². The SMILES string of the molecule is C=C1[C@@H](O)CC[C@@]2(C)[C@H]1C[C@@H](O)C1=C3[C@H](OC)C[C@H]([C@H](C)CC[C@@H](C)C(C)C)[C@@]3(C)CC[C@@H]12. The van der Waals surface area contributed by atoms with E-state index in [4.69, 9.17) is 4.74 Å². The van der Waals surface area contributed by atoms with Crippen LogP contribution in [0.5, 0.6) is 0 Å². The van der Waals surface area contributed by atoms with Crippen molar-refractivity contribution in [1.82, 2.24) is 0 Å². The molecule has 0 aromatic rings. The van der Waals surface area contributed by atoms with Crippen LogP contribution in [0.3, 0.4) is 0 Å². The highest BCUT2D eigenvalue weighted by Gasteiger charge is 2.60. The maximum Gasteiger partial charge on any atom is 0.0793 e. The molecule has 0 spiro atoms. The van der Waals surface area contributed by atoms with Crippen LogP contribution in [-0.2, 0) is 4.74 Å². The molecule has 188 valence electrons. The molecule has 2 N–H and O–H groups in total. The third-order valence-corrected chi connectivity index (χ3v) is 11.3. The molecule has 0 radical (unpaired) electrons. The molecule has 4 aliphatic rings. The highest BCUT2D eigenvalue weighted by molar-refractivity contribution is 5.41. The van der Waals surface area contributed by atoms with Crippen LogP contribution < -0.4 is 0 Å². The summed E-state index contributed by atoms with van der Waals surface area (Å²) in [5.74, 6) is 3.38. The highest BCUT2D eigenvalue weighted by Crippen LogP contribution is 2.66. The Morgan fingerprint density at radius 3 is 2.30 bits per heavy atom. The zero-order chi connectivity index (χ0) is 24.3. The van der Waals surface area contributed by atoms with Crippen molar-refractivity contribution in [2.75, 3.05) is 7.11 Å².